The van der Waals surface area contributed by atoms with E-state index in [9.17, 15) is 0 Å². The van der Waals surface area contributed by atoms with E-state index in [2.05, 4.69) is 30.6 Å². The Bertz CT molecular complexity index is 136. The number of rotatable bonds is 4. The second-order valence-corrected chi connectivity index (χ2v) is 3.96. The molecule has 1 aliphatic heterocycles. The molecule has 1 atom stereocenters. The van der Waals surface area contributed by atoms with E-state index in [0.29, 0.717) is 0 Å². The lowest BCUT2D eigenvalue weighted by Gasteiger charge is -2.40. The Balaban J connectivity index is 2.42. The summed E-state index contributed by atoms with van der Waals surface area (Å²) in [5.41, 5.74) is 0. The molecule has 0 aromatic rings. The van der Waals surface area contributed by atoms with Crippen LogP contribution in [0.25, 0.3) is 0 Å². The Morgan fingerprint density at radius 2 is 1.85 bits per heavy atom. The fraction of sp³-hybridized carbons (Fsp3) is 1.00. The molecule has 13 heavy (non-hydrogen) atoms. The van der Waals surface area contributed by atoms with E-state index >= 15 is 0 Å². The van der Waals surface area contributed by atoms with Crippen molar-refractivity contribution in [3.05, 3.63) is 0 Å². The van der Waals surface area contributed by atoms with Crippen molar-refractivity contribution in [2.24, 2.45) is 0 Å². The molecule has 1 aliphatic rings. The molecule has 0 spiro atoms. The standard InChI is InChI=1S/C11H24N2/c1-4-7-11-10-12(5-2)8-9-13(11)6-3/h11H,4-10H2,1-3H3. The minimum absolute atomic E-state index is 0.823. The van der Waals surface area contributed by atoms with Gasteiger partial charge in [0.25, 0.3) is 0 Å². The highest BCUT2D eigenvalue weighted by Crippen LogP contribution is 2.13. The third-order valence-corrected chi connectivity index (χ3v) is 3.16. The number of nitrogens with zero attached hydrogens (tertiary/aromatic N) is 2. The normalized spacial score (nSPS) is 26.5. The molecule has 1 rings (SSSR count). The van der Waals surface area contributed by atoms with Crippen LogP contribution in [0.1, 0.15) is 33.6 Å². The van der Waals surface area contributed by atoms with Crippen molar-refractivity contribution in [1.82, 2.24) is 9.80 Å². The van der Waals surface area contributed by atoms with Crippen molar-refractivity contribution >= 4 is 0 Å². The summed E-state index contributed by atoms with van der Waals surface area (Å²) in [5.74, 6) is 0. The van der Waals surface area contributed by atoms with Crippen LogP contribution in [0.4, 0.5) is 0 Å². The minimum atomic E-state index is 0.823. The fourth-order valence-corrected chi connectivity index (χ4v) is 2.27. The van der Waals surface area contributed by atoms with Gasteiger partial charge in [-0.25, -0.2) is 0 Å². The van der Waals surface area contributed by atoms with Crippen LogP contribution in [0.3, 0.4) is 0 Å². The summed E-state index contributed by atoms with van der Waals surface area (Å²) in [7, 11) is 0. The maximum absolute atomic E-state index is 2.63. The molecule has 0 saturated carbocycles. The summed E-state index contributed by atoms with van der Waals surface area (Å²) in [6, 6.07) is 0.823. The molecule has 1 saturated heterocycles. The molecule has 0 aromatic carbocycles. The molecular formula is C11H24N2. The van der Waals surface area contributed by atoms with Gasteiger partial charge >= 0.3 is 0 Å². The van der Waals surface area contributed by atoms with Crippen molar-refractivity contribution in [2.75, 3.05) is 32.7 Å². The van der Waals surface area contributed by atoms with Crippen molar-refractivity contribution < 1.29 is 0 Å². The van der Waals surface area contributed by atoms with Crippen molar-refractivity contribution in [2.45, 2.75) is 39.7 Å². The predicted molar refractivity (Wildman–Crippen MR) is 58.1 cm³/mol. The molecule has 0 bridgehead atoms. The van der Waals surface area contributed by atoms with Gasteiger partial charge in [-0.3, -0.25) is 4.90 Å². The average Bonchev–Trinajstić information content (AvgIpc) is 2.18. The Morgan fingerprint density at radius 3 is 2.38 bits per heavy atom. The highest BCUT2D eigenvalue weighted by molar-refractivity contribution is 4.80. The zero-order chi connectivity index (χ0) is 9.68. The maximum atomic E-state index is 2.63. The van der Waals surface area contributed by atoms with E-state index in [0.717, 1.165) is 6.04 Å². The molecule has 1 fully saturated rings. The predicted octanol–water partition coefficient (Wildman–Crippen LogP) is 1.81. The number of likely N-dealkylation sites (N-methyl/N-ethyl adjacent to an activating group) is 2. The molecule has 2 nitrogen and oxygen atoms in total. The maximum Gasteiger partial charge on any atom is 0.0223 e. The van der Waals surface area contributed by atoms with Crippen molar-refractivity contribution in [3.8, 4) is 0 Å². The molecule has 0 aliphatic carbocycles. The minimum Gasteiger partial charge on any atom is -0.301 e. The number of hydrogen-bond donors (Lipinski definition) is 0. The third kappa shape index (κ3) is 2.96. The van der Waals surface area contributed by atoms with Crippen LogP contribution >= 0.6 is 0 Å². The summed E-state index contributed by atoms with van der Waals surface area (Å²) in [4.78, 5) is 5.21. The largest absolute Gasteiger partial charge is 0.301 e. The Hall–Kier alpha value is -0.0800. The van der Waals surface area contributed by atoms with E-state index in [-0.39, 0.29) is 0 Å². The van der Waals surface area contributed by atoms with E-state index in [1.807, 2.05) is 0 Å². The lowest BCUT2D eigenvalue weighted by atomic mass is 10.1. The van der Waals surface area contributed by atoms with Gasteiger partial charge in [-0.15, -0.1) is 0 Å². The molecule has 0 aromatic heterocycles. The molecule has 78 valence electrons. The van der Waals surface area contributed by atoms with Crippen LogP contribution in [-0.4, -0.2) is 48.6 Å². The molecule has 0 amide bonds. The van der Waals surface area contributed by atoms with Crippen molar-refractivity contribution in [1.29, 1.82) is 0 Å². The van der Waals surface area contributed by atoms with Crippen LogP contribution in [0, 0.1) is 0 Å². The van der Waals surface area contributed by atoms with Gasteiger partial charge in [0.1, 0.15) is 0 Å². The van der Waals surface area contributed by atoms with Gasteiger partial charge in [0, 0.05) is 25.7 Å². The highest BCUT2D eigenvalue weighted by atomic mass is 15.3. The first kappa shape index (κ1) is 11.0. The Labute approximate surface area is 82.9 Å². The summed E-state index contributed by atoms with van der Waals surface area (Å²) in [5, 5.41) is 0. The lowest BCUT2D eigenvalue weighted by molar-refractivity contribution is 0.0769. The van der Waals surface area contributed by atoms with Crippen LogP contribution in [-0.2, 0) is 0 Å². The van der Waals surface area contributed by atoms with Crippen molar-refractivity contribution in [3.63, 3.8) is 0 Å². The van der Waals surface area contributed by atoms with Crippen LogP contribution < -0.4 is 0 Å². The van der Waals surface area contributed by atoms with Gasteiger partial charge < -0.3 is 4.90 Å². The molecule has 0 N–H and O–H groups in total. The average molecular weight is 184 g/mol. The summed E-state index contributed by atoms with van der Waals surface area (Å²) in [6.07, 6.45) is 2.68. The first-order chi connectivity index (χ1) is 6.31. The SMILES string of the molecule is CCCC1CN(CC)CCN1CC. The second kappa shape index (κ2) is 5.61. The highest BCUT2D eigenvalue weighted by Gasteiger charge is 2.23. The van der Waals surface area contributed by atoms with Crippen LogP contribution in [0.15, 0.2) is 0 Å². The smallest absolute Gasteiger partial charge is 0.0223 e. The van der Waals surface area contributed by atoms with Gasteiger partial charge in [-0.2, -0.15) is 0 Å². The number of piperazine rings is 1. The summed E-state index contributed by atoms with van der Waals surface area (Å²) in [6.45, 7) is 13.1. The van der Waals surface area contributed by atoms with E-state index < -0.39 is 0 Å². The molecule has 1 heterocycles. The zero-order valence-corrected chi connectivity index (χ0v) is 9.42. The topological polar surface area (TPSA) is 6.48 Å². The van der Waals surface area contributed by atoms with Gasteiger partial charge in [0.2, 0.25) is 0 Å². The van der Waals surface area contributed by atoms with Crippen LogP contribution in [0.5, 0.6) is 0 Å². The number of hydrogen-bond acceptors (Lipinski definition) is 2. The third-order valence-electron chi connectivity index (χ3n) is 3.16. The Morgan fingerprint density at radius 1 is 1.08 bits per heavy atom. The molecule has 2 heteroatoms. The lowest BCUT2D eigenvalue weighted by Crippen LogP contribution is -2.52. The molecule has 0 radical (unpaired) electrons. The second-order valence-electron chi connectivity index (χ2n) is 3.96. The molecular weight excluding hydrogens is 160 g/mol. The molecule has 1 unspecified atom stereocenters. The van der Waals surface area contributed by atoms with E-state index in [1.54, 1.807) is 0 Å². The fourth-order valence-electron chi connectivity index (χ4n) is 2.27. The van der Waals surface area contributed by atoms with E-state index in [4.69, 9.17) is 0 Å². The monoisotopic (exact) mass is 184 g/mol. The van der Waals surface area contributed by atoms with Gasteiger partial charge in [0.15, 0.2) is 0 Å². The van der Waals surface area contributed by atoms with E-state index in [1.165, 1.54) is 45.6 Å². The quantitative estimate of drug-likeness (QED) is 0.657. The van der Waals surface area contributed by atoms with Crippen LogP contribution in [0.2, 0.25) is 0 Å². The first-order valence-electron chi connectivity index (χ1n) is 5.78. The summed E-state index contributed by atoms with van der Waals surface area (Å²) < 4.78 is 0. The summed E-state index contributed by atoms with van der Waals surface area (Å²) >= 11 is 0. The Kier molecular flexibility index (Phi) is 4.74. The van der Waals surface area contributed by atoms with Gasteiger partial charge in [-0.1, -0.05) is 27.2 Å². The van der Waals surface area contributed by atoms with Gasteiger partial charge in [-0.05, 0) is 19.5 Å². The zero-order valence-electron chi connectivity index (χ0n) is 9.42. The van der Waals surface area contributed by atoms with Gasteiger partial charge in [0.05, 0.1) is 0 Å². The first-order valence-corrected chi connectivity index (χ1v) is 5.78.